The summed E-state index contributed by atoms with van der Waals surface area (Å²) < 4.78 is 5.23. The van der Waals surface area contributed by atoms with Gasteiger partial charge in [-0.05, 0) is 43.9 Å². The fourth-order valence-corrected chi connectivity index (χ4v) is 5.23. The molecule has 1 heterocycles. The zero-order valence-corrected chi connectivity index (χ0v) is 15.5. The molecule has 3 aliphatic rings. The van der Waals surface area contributed by atoms with Crippen molar-refractivity contribution in [3.05, 3.63) is 0 Å². The molecule has 2 bridgehead atoms. The van der Waals surface area contributed by atoms with Gasteiger partial charge in [0.15, 0.2) is 0 Å². The van der Waals surface area contributed by atoms with E-state index in [2.05, 4.69) is 16.7 Å². The zero-order chi connectivity index (χ0) is 17.1. The van der Waals surface area contributed by atoms with Crippen molar-refractivity contribution in [2.75, 3.05) is 39.9 Å². The van der Waals surface area contributed by atoms with Gasteiger partial charge in [0.2, 0.25) is 5.91 Å². The minimum atomic E-state index is 0.225. The largest absolute Gasteiger partial charge is 0.383 e. The van der Waals surface area contributed by atoms with Crippen molar-refractivity contribution >= 4 is 5.91 Å². The van der Waals surface area contributed by atoms with Gasteiger partial charge >= 0.3 is 0 Å². The van der Waals surface area contributed by atoms with E-state index < -0.39 is 0 Å². The van der Waals surface area contributed by atoms with Gasteiger partial charge in [0, 0.05) is 51.3 Å². The number of methoxy groups -OCH3 is 1. The Labute approximate surface area is 146 Å². The third-order valence-electron chi connectivity index (χ3n) is 6.73. The molecule has 138 valence electrons. The Morgan fingerprint density at radius 1 is 1.21 bits per heavy atom. The average Bonchev–Trinajstić information content (AvgIpc) is 2.59. The van der Waals surface area contributed by atoms with Crippen LogP contribution in [0.25, 0.3) is 0 Å². The highest BCUT2D eigenvalue weighted by Gasteiger charge is 2.42. The van der Waals surface area contributed by atoms with E-state index in [0.717, 1.165) is 52.0 Å². The second kappa shape index (κ2) is 8.15. The molecular weight excluding hydrogens is 302 g/mol. The molecule has 0 aromatic rings. The first kappa shape index (κ1) is 18.2. The van der Waals surface area contributed by atoms with Gasteiger partial charge in [0.25, 0.3) is 0 Å². The number of hydrogen-bond acceptors (Lipinski definition) is 4. The van der Waals surface area contributed by atoms with E-state index in [1.165, 1.54) is 19.3 Å². The molecule has 0 aromatic heterocycles. The molecule has 2 N–H and O–H groups in total. The van der Waals surface area contributed by atoms with Gasteiger partial charge in [-0.15, -0.1) is 0 Å². The van der Waals surface area contributed by atoms with E-state index in [1.54, 1.807) is 7.11 Å². The van der Waals surface area contributed by atoms with Gasteiger partial charge in [-0.25, -0.2) is 0 Å². The number of hydrogen-bond donors (Lipinski definition) is 1. The van der Waals surface area contributed by atoms with Crippen LogP contribution in [0.1, 0.15) is 45.4 Å². The van der Waals surface area contributed by atoms with Crippen LogP contribution in [0, 0.1) is 17.8 Å². The number of amides is 1. The minimum absolute atomic E-state index is 0.225. The second-order valence-corrected chi connectivity index (χ2v) is 8.07. The van der Waals surface area contributed by atoms with Crippen LogP contribution in [0.4, 0.5) is 0 Å². The van der Waals surface area contributed by atoms with Crippen LogP contribution in [-0.4, -0.2) is 67.7 Å². The average molecular weight is 338 g/mol. The van der Waals surface area contributed by atoms with Crippen LogP contribution >= 0.6 is 0 Å². The predicted molar refractivity (Wildman–Crippen MR) is 95.6 cm³/mol. The zero-order valence-electron chi connectivity index (χ0n) is 15.5. The van der Waals surface area contributed by atoms with Crippen molar-refractivity contribution in [3.8, 4) is 0 Å². The number of piperazine rings is 1. The Morgan fingerprint density at radius 3 is 2.54 bits per heavy atom. The van der Waals surface area contributed by atoms with Crippen LogP contribution in [0.5, 0.6) is 0 Å². The molecule has 24 heavy (non-hydrogen) atoms. The van der Waals surface area contributed by atoms with E-state index in [0.29, 0.717) is 29.8 Å². The molecule has 3 atom stereocenters. The Bertz CT molecular complexity index is 417. The molecule has 2 saturated carbocycles. The SMILES string of the molecule is CCC1CN(C(=O)C2CC3CCCC(C2)C3N)CCN1CCOC. The maximum Gasteiger partial charge on any atom is 0.225 e. The second-order valence-electron chi connectivity index (χ2n) is 8.07. The summed E-state index contributed by atoms with van der Waals surface area (Å²) in [5.41, 5.74) is 6.39. The van der Waals surface area contributed by atoms with Crippen molar-refractivity contribution in [1.82, 2.24) is 9.80 Å². The lowest BCUT2D eigenvalue weighted by Gasteiger charge is -2.46. The number of fused-ring (bicyclic) bond motifs is 2. The maximum atomic E-state index is 13.1. The lowest BCUT2D eigenvalue weighted by Crippen LogP contribution is -2.57. The van der Waals surface area contributed by atoms with Gasteiger partial charge in [-0.1, -0.05) is 13.3 Å². The molecule has 5 heteroatoms. The summed E-state index contributed by atoms with van der Waals surface area (Å²) in [6.45, 7) is 6.71. The van der Waals surface area contributed by atoms with Gasteiger partial charge in [-0.3, -0.25) is 9.69 Å². The number of carbonyl (C=O) groups excluding carboxylic acids is 1. The number of nitrogens with zero attached hydrogens (tertiary/aromatic N) is 2. The van der Waals surface area contributed by atoms with Crippen molar-refractivity contribution in [2.24, 2.45) is 23.5 Å². The molecule has 5 nitrogen and oxygen atoms in total. The summed E-state index contributed by atoms with van der Waals surface area (Å²) in [4.78, 5) is 17.7. The molecule has 3 unspecified atom stereocenters. The molecule has 0 radical (unpaired) electrons. The first-order valence-corrected chi connectivity index (χ1v) is 9.91. The summed E-state index contributed by atoms with van der Waals surface area (Å²) in [5, 5.41) is 0. The monoisotopic (exact) mass is 337 g/mol. The maximum absolute atomic E-state index is 13.1. The summed E-state index contributed by atoms with van der Waals surface area (Å²) >= 11 is 0. The topological polar surface area (TPSA) is 58.8 Å². The van der Waals surface area contributed by atoms with Gasteiger partial charge < -0.3 is 15.4 Å². The first-order valence-electron chi connectivity index (χ1n) is 9.91. The molecule has 2 aliphatic carbocycles. The first-order chi connectivity index (χ1) is 11.6. The highest BCUT2D eigenvalue weighted by atomic mass is 16.5. The van der Waals surface area contributed by atoms with Crippen molar-refractivity contribution in [1.29, 1.82) is 0 Å². The smallest absolute Gasteiger partial charge is 0.225 e. The van der Waals surface area contributed by atoms with E-state index >= 15 is 0 Å². The third-order valence-corrected chi connectivity index (χ3v) is 6.73. The van der Waals surface area contributed by atoms with Crippen LogP contribution in [0.3, 0.4) is 0 Å². The minimum Gasteiger partial charge on any atom is -0.383 e. The highest BCUT2D eigenvalue weighted by molar-refractivity contribution is 5.79. The van der Waals surface area contributed by atoms with Crippen LogP contribution in [0.2, 0.25) is 0 Å². The van der Waals surface area contributed by atoms with Crippen molar-refractivity contribution in [3.63, 3.8) is 0 Å². The lowest BCUT2D eigenvalue weighted by molar-refractivity contribution is -0.141. The van der Waals surface area contributed by atoms with Crippen molar-refractivity contribution < 1.29 is 9.53 Å². The molecule has 0 aromatic carbocycles. The molecule has 0 spiro atoms. The standard InChI is InChI=1S/C19H35N3O2/c1-3-17-13-22(8-7-21(17)9-10-24-2)19(23)16-11-14-5-4-6-15(12-16)18(14)20/h14-18H,3-13,20H2,1-2H3. The summed E-state index contributed by atoms with van der Waals surface area (Å²) in [6.07, 6.45) is 6.90. The van der Waals surface area contributed by atoms with Gasteiger partial charge in [-0.2, -0.15) is 0 Å². The number of carbonyl (C=O) groups is 1. The van der Waals surface area contributed by atoms with Crippen LogP contribution in [-0.2, 0) is 9.53 Å². The number of ether oxygens (including phenoxy) is 1. The van der Waals surface area contributed by atoms with E-state index in [9.17, 15) is 4.79 Å². The van der Waals surface area contributed by atoms with Gasteiger partial charge in [0.1, 0.15) is 0 Å². The highest BCUT2D eigenvalue weighted by Crippen LogP contribution is 2.42. The summed E-state index contributed by atoms with van der Waals surface area (Å²) in [6, 6.07) is 0.820. The molecule has 3 rings (SSSR count). The summed E-state index contributed by atoms with van der Waals surface area (Å²) in [5.74, 6) is 1.79. The van der Waals surface area contributed by atoms with E-state index in [4.69, 9.17) is 10.5 Å². The van der Waals surface area contributed by atoms with E-state index in [-0.39, 0.29) is 5.92 Å². The molecule has 3 fully saturated rings. The summed E-state index contributed by atoms with van der Waals surface area (Å²) in [7, 11) is 1.76. The quantitative estimate of drug-likeness (QED) is 0.830. The number of rotatable bonds is 5. The van der Waals surface area contributed by atoms with Crippen LogP contribution < -0.4 is 5.73 Å². The third kappa shape index (κ3) is 3.78. The predicted octanol–water partition coefficient (Wildman–Crippen LogP) is 1.71. The van der Waals surface area contributed by atoms with Crippen LogP contribution in [0.15, 0.2) is 0 Å². The Hall–Kier alpha value is -0.650. The molecule has 1 saturated heterocycles. The number of nitrogens with two attached hydrogens (primary N) is 1. The molecule has 1 amide bonds. The lowest BCUT2D eigenvalue weighted by atomic mass is 9.65. The Morgan fingerprint density at radius 2 is 1.92 bits per heavy atom. The Balaban J connectivity index is 1.57. The Kier molecular flexibility index (Phi) is 6.17. The van der Waals surface area contributed by atoms with Crippen molar-refractivity contribution in [2.45, 2.75) is 57.5 Å². The fourth-order valence-electron chi connectivity index (χ4n) is 5.23. The van der Waals surface area contributed by atoms with E-state index in [1.807, 2.05) is 0 Å². The van der Waals surface area contributed by atoms with Gasteiger partial charge in [0.05, 0.1) is 6.61 Å². The normalized spacial score (nSPS) is 37.5. The fraction of sp³-hybridized carbons (Fsp3) is 0.947. The molecule has 1 aliphatic heterocycles. The molecular formula is C19H35N3O2.